The summed E-state index contributed by atoms with van der Waals surface area (Å²) in [6, 6.07) is 0. The zero-order chi connectivity index (χ0) is 69.9. The van der Waals surface area contributed by atoms with Crippen molar-refractivity contribution in [2.75, 3.05) is 0 Å². The predicted molar refractivity (Wildman–Crippen MR) is 388 cm³/mol. The van der Waals surface area contributed by atoms with Crippen LogP contribution in [0.15, 0.2) is 35.8 Å². The van der Waals surface area contributed by atoms with Crippen LogP contribution in [-0.2, 0) is 37.3 Å². The molecule has 12 unspecified atom stereocenters. The van der Waals surface area contributed by atoms with Gasteiger partial charge in [0.1, 0.15) is 5.60 Å². The van der Waals surface area contributed by atoms with Crippen LogP contribution in [0, 0.1) is 116 Å². The first-order valence-electron chi connectivity index (χ1n) is 39.4. The lowest BCUT2D eigenvalue weighted by Gasteiger charge is -2.64. The molecule has 3 aliphatic heterocycles. The normalized spacial score (nSPS) is 51.3. The van der Waals surface area contributed by atoms with Gasteiger partial charge in [0.15, 0.2) is 34.0 Å². The fourth-order valence-electron chi connectivity index (χ4n) is 26.3. The predicted octanol–water partition coefficient (Wildman–Crippen LogP) is 19.2. The molecule has 28 atom stereocenters. The fourth-order valence-corrected chi connectivity index (χ4v) is 29.1. The number of hydrogen-bond acceptors (Lipinski definition) is 10. The zero-order valence-electron chi connectivity index (χ0n) is 64.6. The number of ether oxygens (including phenoxy) is 6. The molecule has 10 nitrogen and oxygen atoms in total. The monoisotopic (exact) mass is 1360 g/mol. The Morgan fingerprint density at radius 3 is 1.12 bits per heavy atom. The van der Waals surface area contributed by atoms with E-state index in [0.29, 0.717) is 95.1 Å². The van der Waals surface area contributed by atoms with Crippen molar-refractivity contribution in [3.8, 4) is 12.3 Å². The van der Waals surface area contributed by atoms with E-state index in [1.807, 2.05) is 0 Å². The first kappa shape index (κ1) is 73.0. The first-order chi connectivity index (χ1) is 44.3. The van der Waals surface area contributed by atoms with Crippen molar-refractivity contribution in [3.05, 3.63) is 35.8 Å². The average molecular weight is 1360 g/mol. The molecular formula is C84H136O10Si2. The highest BCUT2D eigenvalue weighted by Gasteiger charge is 2.73. The summed E-state index contributed by atoms with van der Waals surface area (Å²) in [5.41, 5.74) is 9.62. The van der Waals surface area contributed by atoms with E-state index in [0.717, 1.165) is 70.6 Å². The minimum Gasteiger partial charge on any atom is -0.414 e. The summed E-state index contributed by atoms with van der Waals surface area (Å²) in [6.07, 6.45) is 31.0. The molecule has 3 heterocycles. The Balaban J connectivity index is 0.000000131. The number of hydrogen-bond donors (Lipinski definition) is 2. The first-order valence-corrected chi connectivity index (χ1v) is 45.2. The summed E-state index contributed by atoms with van der Waals surface area (Å²) in [6.45, 7) is 59.2. The summed E-state index contributed by atoms with van der Waals surface area (Å²) in [7, 11) is -3.63. The minimum absolute atomic E-state index is 0.0736. The van der Waals surface area contributed by atoms with Gasteiger partial charge in [0.05, 0.1) is 42.7 Å². The van der Waals surface area contributed by atoms with Gasteiger partial charge in [0, 0.05) is 17.6 Å². The molecule has 540 valence electrons. The smallest absolute Gasteiger partial charge is 0.192 e. The highest BCUT2D eigenvalue weighted by atomic mass is 28.4. The van der Waals surface area contributed by atoms with E-state index in [-0.39, 0.29) is 79.9 Å². The Bertz CT molecular complexity index is 3120. The molecule has 15 aliphatic rings. The van der Waals surface area contributed by atoms with Crippen molar-refractivity contribution in [1.82, 2.24) is 0 Å². The van der Waals surface area contributed by atoms with Crippen LogP contribution in [0.5, 0.6) is 0 Å². The molecule has 3 saturated heterocycles. The average Bonchev–Trinajstić information content (AvgIpc) is 1.37. The number of aliphatic hydroxyl groups excluding tert-OH is 1. The molecule has 0 aromatic heterocycles. The maximum atomic E-state index is 11.5. The molecule has 15 fully saturated rings. The number of rotatable bonds is 4. The summed E-state index contributed by atoms with van der Waals surface area (Å²) in [5, 5.41) is 22.4. The lowest BCUT2D eigenvalue weighted by atomic mass is 9.43. The van der Waals surface area contributed by atoms with Gasteiger partial charge in [-0.2, -0.15) is 0 Å². The molecule has 2 N–H and O–H groups in total. The van der Waals surface area contributed by atoms with Crippen LogP contribution in [0.2, 0.25) is 36.3 Å². The molecule has 12 heteroatoms. The summed E-state index contributed by atoms with van der Waals surface area (Å²) >= 11 is 0. The van der Waals surface area contributed by atoms with E-state index in [9.17, 15) is 10.2 Å². The van der Waals surface area contributed by atoms with Crippen LogP contribution >= 0.6 is 0 Å². The Labute approximate surface area is 586 Å². The van der Waals surface area contributed by atoms with Gasteiger partial charge in [-0.15, -0.1) is 17.9 Å². The molecule has 12 saturated carbocycles. The largest absolute Gasteiger partial charge is 0.414 e. The lowest BCUT2D eigenvalue weighted by Crippen LogP contribution is -2.64. The standard InChI is InChI=1S/C30H50O4Si.C30H50O3Si.C24H36O3/c1-11-30(31)17-14-21-23-20(13-16-29(21,30)8)28(7)15-12-19(34-35(9,10)26(2,3)4)18-22(28)24-25(23)33-27(5,6)32-24;1-11-19-12-13-21-24-22(15-17-29(19,21)7)30(8)16-14-20(33-34(9,10)27(2,3)4)18-23(30)25-26(24)32-28(5,6)31-25;1-6-14-7-8-16-19-17(10-12-23(14,16)4)24(5)11-9-15(25)13-18(24)20-21(19)27-22(2,3)26-20/h1,19-25,31H,12-18H2,2-10H3;20-26H,1,12-18H2,2-10H3;15-21,25H,1,7-13H2,2-5H3/t19-,20?,21?,22?,23?,24-,25-,28-,29+,30+;20-,21?,22?,23?,24?,25-,26-,29-,30-;15-,16?,17?,18?,19?,20-,21-,23-,24-/m111/s1. The second kappa shape index (κ2) is 23.8. The third-order valence-corrected chi connectivity index (χ3v) is 42.5. The van der Waals surface area contributed by atoms with Gasteiger partial charge in [-0.3, -0.25) is 0 Å². The van der Waals surface area contributed by atoms with Crippen molar-refractivity contribution in [2.45, 2.75) is 374 Å². The molecule has 0 spiro atoms. The van der Waals surface area contributed by atoms with Gasteiger partial charge in [0.2, 0.25) is 0 Å². The number of allylic oxidation sites excluding steroid dienone is 2. The molecule has 0 radical (unpaired) electrons. The Morgan fingerprint density at radius 2 is 0.760 bits per heavy atom. The van der Waals surface area contributed by atoms with Crippen LogP contribution in [0.1, 0.15) is 259 Å². The van der Waals surface area contributed by atoms with Crippen LogP contribution in [-0.4, -0.2) is 105 Å². The van der Waals surface area contributed by atoms with Crippen molar-refractivity contribution in [2.24, 2.45) is 104 Å². The summed E-state index contributed by atoms with van der Waals surface area (Å²) in [4.78, 5) is 0. The Kier molecular flexibility index (Phi) is 18.1. The van der Waals surface area contributed by atoms with E-state index in [1.54, 1.807) is 0 Å². The van der Waals surface area contributed by atoms with Gasteiger partial charge in [-0.1, -0.05) is 102 Å². The number of terminal acetylenes is 1. The minimum atomic E-state index is -1.84. The summed E-state index contributed by atoms with van der Waals surface area (Å²) < 4.78 is 54.4. The van der Waals surface area contributed by atoms with Crippen molar-refractivity contribution in [3.63, 3.8) is 0 Å². The molecule has 0 aromatic carbocycles. The topological polar surface area (TPSA) is 114 Å². The SMILES string of the molecule is C#C[C@]1(O)CCC2C3C(CC[C@@]21C)[C@@]1(C)CC[C@@H](O[Si](C)(C)C(C)(C)C)CC1[C@H]1OC(C)(C)O[C@H]31.C=C=C1CCC2C3C(CC[C@]12C)[C@@]1(C)CC[C@@H](O)CC1[C@H]1OC(C)(C)O[C@H]31.C=C=C1CCC2C3C(CC[C@]12C)[C@@]1(C)CC[C@@H](O[Si](C)(C)C(C)(C)C)CC1[C@H]1OC(C)(C)O[C@H]31. The van der Waals surface area contributed by atoms with Gasteiger partial charge in [-0.05, 0) is 322 Å². The van der Waals surface area contributed by atoms with E-state index in [4.69, 9.17) is 43.7 Å². The van der Waals surface area contributed by atoms with E-state index >= 15 is 0 Å². The van der Waals surface area contributed by atoms with Gasteiger partial charge in [-0.25, -0.2) is 0 Å². The van der Waals surface area contributed by atoms with E-state index in [1.165, 1.54) is 68.9 Å². The molecule has 0 amide bonds. The van der Waals surface area contributed by atoms with E-state index < -0.39 is 39.6 Å². The third-order valence-electron chi connectivity index (χ3n) is 33.4. The molecule has 15 rings (SSSR count). The van der Waals surface area contributed by atoms with E-state index in [2.05, 4.69) is 181 Å². The maximum absolute atomic E-state index is 11.5. The molecular weight excluding hydrogens is 1230 g/mol. The second-order valence-corrected chi connectivity index (χ2v) is 50.7. The number of fused-ring (bicyclic) bond motifs is 24. The fraction of sp³-hybridized carbons (Fsp3) is 0.905. The Hall–Kier alpha value is -1.37. The molecule has 96 heavy (non-hydrogen) atoms. The Morgan fingerprint density at radius 1 is 0.427 bits per heavy atom. The van der Waals surface area contributed by atoms with Crippen LogP contribution < -0.4 is 0 Å². The second-order valence-electron chi connectivity index (χ2n) is 41.2. The van der Waals surface area contributed by atoms with Gasteiger partial charge < -0.3 is 47.5 Å². The van der Waals surface area contributed by atoms with Crippen molar-refractivity contribution in [1.29, 1.82) is 0 Å². The van der Waals surface area contributed by atoms with Crippen LogP contribution in [0.4, 0.5) is 0 Å². The van der Waals surface area contributed by atoms with Gasteiger partial charge >= 0.3 is 0 Å². The summed E-state index contributed by atoms with van der Waals surface area (Å²) in [5.74, 6) is 7.80. The van der Waals surface area contributed by atoms with Crippen LogP contribution in [0.25, 0.3) is 0 Å². The highest BCUT2D eigenvalue weighted by Crippen LogP contribution is 2.74. The van der Waals surface area contributed by atoms with Crippen molar-refractivity contribution < 1.29 is 47.5 Å². The molecule has 12 aliphatic carbocycles. The zero-order valence-corrected chi connectivity index (χ0v) is 66.6. The quantitative estimate of drug-likeness (QED) is 0.160. The third kappa shape index (κ3) is 11.3. The molecule has 0 bridgehead atoms. The lowest BCUT2D eigenvalue weighted by molar-refractivity contribution is -0.197. The van der Waals surface area contributed by atoms with Gasteiger partial charge in [0.25, 0.3) is 0 Å². The maximum Gasteiger partial charge on any atom is 0.192 e. The van der Waals surface area contributed by atoms with Crippen molar-refractivity contribution >= 4 is 16.6 Å². The highest BCUT2D eigenvalue weighted by molar-refractivity contribution is 6.74. The number of aliphatic hydroxyl groups is 2. The van der Waals surface area contributed by atoms with Crippen LogP contribution in [0.3, 0.4) is 0 Å². The molecule has 0 aromatic rings.